The van der Waals surface area contributed by atoms with Crippen molar-refractivity contribution in [3.05, 3.63) is 86.2 Å². The van der Waals surface area contributed by atoms with E-state index in [1.54, 1.807) is 49.4 Å². The molecular formula is C20H16ClN7O3. The van der Waals surface area contributed by atoms with E-state index >= 15 is 0 Å². The zero-order chi connectivity index (χ0) is 22.1. The number of fused-ring (bicyclic) bond motifs is 1. The summed E-state index contributed by atoms with van der Waals surface area (Å²) in [5, 5.41) is 14.9. The van der Waals surface area contributed by atoms with Crippen molar-refractivity contribution in [1.29, 1.82) is 0 Å². The smallest absolute Gasteiger partial charge is 0.353 e. The van der Waals surface area contributed by atoms with Gasteiger partial charge in [-0.05, 0) is 31.2 Å². The second-order valence-electron chi connectivity index (χ2n) is 6.66. The van der Waals surface area contributed by atoms with Crippen LogP contribution in [0.25, 0.3) is 16.6 Å². The maximum Gasteiger partial charge on any atom is 0.353 e. The summed E-state index contributed by atoms with van der Waals surface area (Å²) in [6.07, 6.45) is 1.12. The Labute approximate surface area is 180 Å². The lowest BCUT2D eigenvalue weighted by Crippen LogP contribution is -2.27. The number of nitrogen functional groups attached to an aromatic ring is 1. The third-order valence-corrected chi connectivity index (χ3v) is 4.98. The number of anilines is 2. The molecule has 0 aliphatic rings. The highest BCUT2D eigenvalue weighted by Gasteiger charge is 2.25. The van der Waals surface area contributed by atoms with Crippen LogP contribution in [0, 0.1) is 10.1 Å². The lowest BCUT2D eigenvalue weighted by atomic mass is 10.2. The first-order valence-electron chi connectivity index (χ1n) is 9.16. The largest absolute Gasteiger partial charge is 0.378 e. The number of benzene rings is 2. The van der Waals surface area contributed by atoms with Crippen molar-refractivity contribution >= 4 is 39.8 Å². The molecule has 0 fully saturated rings. The SMILES string of the molecule is CC(Nc1ncnc(N)c1[N+](=O)[O-])c1nc2cccc(Cl)c2c(=O)n1-c1ccccc1. The minimum atomic E-state index is -0.664. The second kappa shape index (κ2) is 8.00. The Morgan fingerprint density at radius 1 is 1.16 bits per heavy atom. The maximum atomic E-state index is 13.4. The number of nitrogens with one attached hydrogen (secondary N) is 1. The monoisotopic (exact) mass is 437 g/mol. The summed E-state index contributed by atoms with van der Waals surface area (Å²) in [7, 11) is 0. The average Bonchev–Trinajstić information content (AvgIpc) is 2.74. The highest BCUT2D eigenvalue weighted by Crippen LogP contribution is 2.30. The fourth-order valence-corrected chi connectivity index (χ4v) is 3.52. The van der Waals surface area contributed by atoms with E-state index in [4.69, 9.17) is 17.3 Å². The first-order chi connectivity index (χ1) is 14.9. The quantitative estimate of drug-likeness (QED) is 0.357. The van der Waals surface area contributed by atoms with Gasteiger partial charge in [0.05, 0.1) is 32.6 Å². The fourth-order valence-electron chi connectivity index (χ4n) is 3.27. The van der Waals surface area contributed by atoms with Gasteiger partial charge in [-0.15, -0.1) is 0 Å². The summed E-state index contributed by atoms with van der Waals surface area (Å²) in [5.74, 6) is -0.0316. The van der Waals surface area contributed by atoms with Gasteiger partial charge in [-0.1, -0.05) is 35.9 Å². The highest BCUT2D eigenvalue weighted by molar-refractivity contribution is 6.35. The van der Waals surface area contributed by atoms with Crippen LogP contribution in [0.15, 0.2) is 59.7 Å². The lowest BCUT2D eigenvalue weighted by molar-refractivity contribution is -0.383. The molecule has 4 aromatic rings. The number of nitrogens with zero attached hydrogens (tertiary/aromatic N) is 5. The first kappa shape index (κ1) is 20.2. The van der Waals surface area contributed by atoms with Gasteiger partial charge in [0.15, 0.2) is 0 Å². The van der Waals surface area contributed by atoms with Gasteiger partial charge in [0.2, 0.25) is 11.6 Å². The standard InChI is InChI=1S/C20H16ClN7O3/c1-11(25-18-16(28(30)31)17(22)23-10-24-18)19-26-14-9-5-8-13(21)15(14)20(29)27(19)12-6-3-2-4-7-12/h2-11H,1H3,(H3,22,23,24,25). The van der Waals surface area contributed by atoms with Crippen LogP contribution in [0.3, 0.4) is 0 Å². The van der Waals surface area contributed by atoms with Crippen molar-refractivity contribution in [2.45, 2.75) is 13.0 Å². The van der Waals surface area contributed by atoms with Gasteiger partial charge in [0.25, 0.3) is 5.56 Å². The third-order valence-electron chi connectivity index (χ3n) is 4.66. The van der Waals surface area contributed by atoms with E-state index in [0.717, 1.165) is 6.33 Å². The lowest BCUT2D eigenvalue weighted by Gasteiger charge is -2.20. The van der Waals surface area contributed by atoms with Crippen LogP contribution >= 0.6 is 11.6 Å². The molecule has 3 N–H and O–H groups in total. The molecule has 0 saturated carbocycles. The van der Waals surface area contributed by atoms with E-state index in [1.165, 1.54) is 4.57 Å². The van der Waals surface area contributed by atoms with Crippen LogP contribution in [-0.4, -0.2) is 24.4 Å². The molecule has 0 radical (unpaired) electrons. The molecule has 0 saturated heterocycles. The molecule has 0 bridgehead atoms. The summed E-state index contributed by atoms with van der Waals surface area (Å²) in [5.41, 5.74) is 5.82. The number of hydrogen-bond acceptors (Lipinski definition) is 8. The Balaban J connectivity index is 1.93. The third kappa shape index (κ3) is 3.64. The van der Waals surface area contributed by atoms with E-state index in [1.807, 2.05) is 6.07 Å². The molecule has 1 atom stereocenters. The summed E-state index contributed by atoms with van der Waals surface area (Å²) in [6, 6.07) is 13.2. The van der Waals surface area contributed by atoms with Crippen LogP contribution in [0.5, 0.6) is 0 Å². The van der Waals surface area contributed by atoms with Gasteiger partial charge in [0.1, 0.15) is 12.2 Å². The van der Waals surface area contributed by atoms with E-state index in [2.05, 4.69) is 20.3 Å². The van der Waals surface area contributed by atoms with Gasteiger partial charge in [-0.25, -0.2) is 15.0 Å². The van der Waals surface area contributed by atoms with Crippen LogP contribution in [-0.2, 0) is 0 Å². The van der Waals surface area contributed by atoms with Gasteiger partial charge in [0, 0.05) is 0 Å². The second-order valence-corrected chi connectivity index (χ2v) is 7.07. The molecular weight excluding hydrogens is 422 g/mol. The molecule has 2 aromatic heterocycles. The van der Waals surface area contributed by atoms with Crippen LogP contribution in [0.4, 0.5) is 17.3 Å². The normalized spacial score (nSPS) is 11.9. The number of rotatable bonds is 5. The zero-order valence-electron chi connectivity index (χ0n) is 16.2. The molecule has 10 nitrogen and oxygen atoms in total. The van der Waals surface area contributed by atoms with E-state index < -0.39 is 16.7 Å². The minimum absolute atomic E-state index is 0.0787. The number of para-hydroxylation sites is 1. The zero-order valence-corrected chi connectivity index (χ0v) is 16.9. The maximum absolute atomic E-state index is 13.4. The predicted molar refractivity (Wildman–Crippen MR) is 117 cm³/mol. The Kier molecular flexibility index (Phi) is 5.22. The van der Waals surface area contributed by atoms with Crippen molar-refractivity contribution in [3.63, 3.8) is 0 Å². The average molecular weight is 438 g/mol. The molecule has 31 heavy (non-hydrogen) atoms. The molecule has 0 aliphatic heterocycles. The number of aromatic nitrogens is 4. The van der Waals surface area contributed by atoms with Gasteiger partial charge in [-0.3, -0.25) is 19.5 Å². The Hall–Kier alpha value is -4.05. The predicted octanol–water partition coefficient (Wildman–Crippen LogP) is 3.49. The molecule has 11 heteroatoms. The van der Waals surface area contributed by atoms with E-state index in [0.29, 0.717) is 17.0 Å². The highest BCUT2D eigenvalue weighted by atomic mass is 35.5. The Morgan fingerprint density at radius 2 is 1.90 bits per heavy atom. The van der Waals surface area contributed by atoms with Gasteiger partial charge >= 0.3 is 5.69 Å². The van der Waals surface area contributed by atoms with Crippen LogP contribution in [0.2, 0.25) is 5.02 Å². The van der Waals surface area contributed by atoms with Gasteiger partial charge in [-0.2, -0.15) is 0 Å². The number of hydrogen-bond donors (Lipinski definition) is 2. The van der Waals surface area contributed by atoms with Crippen LogP contribution in [0.1, 0.15) is 18.8 Å². The number of nitro groups is 1. The summed E-state index contributed by atoms with van der Waals surface area (Å²) >= 11 is 6.28. The topological polar surface area (TPSA) is 142 Å². The molecule has 2 heterocycles. The molecule has 156 valence electrons. The van der Waals surface area contributed by atoms with Crippen molar-refractivity contribution < 1.29 is 4.92 Å². The molecule has 4 rings (SSSR count). The molecule has 0 amide bonds. The van der Waals surface area contributed by atoms with Crippen LogP contribution < -0.4 is 16.6 Å². The molecule has 1 unspecified atom stereocenters. The number of nitrogens with two attached hydrogens (primary N) is 1. The van der Waals surface area contributed by atoms with Crippen molar-refractivity contribution in [1.82, 2.24) is 19.5 Å². The van der Waals surface area contributed by atoms with Crippen molar-refractivity contribution in [2.24, 2.45) is 0 Å². The van der Waals surface area contributed by atoms with Gasteiger partial charge < -0.3 is 11.1 Å². The molecule has 0 aliphatic carbocycles. The summed E-state index contributed by atoms with van der Waals surface area (Å²) in [4.78, 5) is 36.4. The van der Waals surface area contributed by atoms with Crippen molar-refractivity contribution in [3.8, 4) is 5.69 Å². The number of halogens is 1. The Bertz CT molecular complexity index is 1360. The fraction of sp³-hybridized carbons (Fsp3) is 0.100. The van der Waals surface area contributed by atoms with E-state index in [-0.39, 0.29) is 27.6 Å². The molecule has 0 spiro atoms. The summed E-state index contributed by atoms with van der Waals surface area (Å²) in [6.45, 7) is 1.71. The first-order valence-corrected chi connectivity index (χ1v) is 9.54. The van der Waals surface area contributed by atoms with Crippen molar-refractivity contribution in [2.75, 3.05) is 11.1 Å². The molecule has 2 aromatic carbocycles. The van der Waals surface area contributed by atoms with E-state index in [9.17, 15) is 14.9 Å². The summed E-state index contributed by atoms with van der Waals surface area (Å²) < 4.78 is 1.42. The minimum Gasteiger partial charge on any atom is -0.378 e. The Morgan fingerprint density at radius 3 is 2.61 bits per heavy atom.